The summed E-state index contributed by atoms with van der Waals surface area (Å²) in [5, 5.41) is 8.85. The van der Waals surface area contributed by atoms with Gasteiger partial charge in [0.1, 0.15) is 5.75 Å². The average Bonchev–Trinajstić information content (AvgIpc) is 2.77. The fourth-order valence-electron chi connectivity index (χ4n) is 2.48. The molecule has 1 amide bonds. The number of amides is 1. The lowest BCUT2D eigenvalue weighted by atomic mass is 10.1. The highest BCUT2D eigenvalue weighted by Gasteiger charge is 2.15. The molecule has 0 bridgehead atoms. The molecule has 0 aliphatic heterocycles. The number of rotatable bonds is 7. The van der Waals surface area contributed by atoms with Gasteiger partial charge < -0.3 is 4.74 Å². The molecule has 29 heavy (non-hydrogen) atoms. The summed E-state index contributed by atoms with van der Waals surface area (Å²) >= 11 is 0. The van der Waals surface area contributed by atoms with Crippen molar-refractivity contribution in [1.29, 1.82) is 5.26 Å². The topological polar surface area (TPSA) is 108 Å². The van der Waals surface area contributed by atoms with Gasteiger partial charge in [0, 0.05) is 0 Å². The van der Waals surface area contributed by atoms with Gasteiger partial charge in [0.05, 0.1) is 16.5 Å². The first-order chi connectivity index (χ1) is 14.0. The molecule has 0 unspecified atom stereocenters. The number of hydrazine groups is 1. The van der Waals surface area contributed by atoms with E-state index in [-0.39, 0.29) is 17.1 Å². The van der Waals surface area contributed by atoms with E-state index in [9.17, 15) is 13.2 Å². The first kappa shape index (κ1) is 20.1. The van der Waals surface area contributed by atoms with Crippen LogP contribution in [0.25, 0.3) is 11.1 Å². The molecule has 0 aromatic heterocycles. The fraction of sp³-hybridized carbons (Fsp3) is 0.0476. The minimum atomic E-state index is -4.00. The zero-order chi connectivity index (χ0) is 20.7. The molecule has 3 aromatic rings. The van der Waals surface area contributed by atoms with Gasteiger partial charge in [-0.1, -0.05) is 48.5 Å². The molecule has 0 aliphatic carbocycles. The second kappa shape index (κ2) is 9.01. The van der Waals surface area contributed by atoms with E-state index >= 15 is 0 Å². The lowest BCUT2D eigenvalue weighted by Crippen LogP contribution is -2.43. The molecule has 0 heterocycles. The van der Waals surface area contributed by atoms with Crippen LogP contribution in [-0.2, 0) is 14.8 Å². The lowest BCUT2D eigenvalue weighted by molar-refractivity contribution is -0.123. The Kier molecular flexibility index (Phi) is 6.24. The van der Waals surface area contributed by atoms with Crippen molar-refractivity contribution in [2.75, 3.05) is 6.61 Å². The number of carbonyl (C=O) groups excluding carboxylic acids is 1. The Hall–Kier alpha value is -3.67. The van der Waals surface area contributed by atoms with Gasteiger partial charge in [0.15, 0.2) is 6.61 Å². The highest BCUT2D eigenvalue weighted by atomic mass is 32.2. The quantitative estimate of drug-likeness (QED) is 0.585. The van der Waals surface area contributed by atoms with Crippen molar-refractivity contribution in [3.05, 3.63) is 84.4 Å². The maximum atomic E-state index is 12.2. The summed E-state index contributed by atoms with van der Waals surface area (Å²) in [4.78, 5) is 13.7. The van der Waals surface area contributed by atoms with Gasteiger partial charge in [-0.3, -0.25) is 10.2 Å². The van der Waals surface area contributed by atoms with Crippen LogP contribution in [0.4, 0.5) is 0 Å². The van der Waals surface area contributed by atoms with Crippen LogP contribution in [0, 0.1) is 11.3 Å². The smallest absolute Gasteiger partial charge is 0.272 e. The van der Waals surface area contributed by atoms with Crippen LogP contribution >= 0.6 is 0 Å². The van der Waals surface area contributed by atoms with Crippen LogP contribution in [0.3, 0.4) is 0 Å². The van der Waals surface area contributed by atoms with Gasteiger partial charge in [0.2, 0.25) is 0 Å². The van der Waals surface area contributed by atoms with Gasteiger partial charge in [-0.25, -0.2) is 8.42 Å². The SMILES string of the molecule is N#Cc1cccc(S(=O)(=O)NNC(=O)COc2ccc(-c3ccccc3)cc2)c1. The Balaban J connectivity index is 1.53. The van der Waals surface area contributed by atoms with E-state index in [0.717, 1.165) is 11.1 Å². The van der Waals surface area contributed by atoms with Gasteiger partial charge in [0.25, 0.3) is 15.9 Å². The predicted octanol–water partition coefficient (Wildman–Crippen LogP) is 2.61. The third kappa shape index (κ3) is 5.42. The zero-order valence-electron chi connectivity index (χ0n) is 15.2. The summed E-state index contributed by atoms with van der Waals surface area (Å²) in [6.45, 7) is -0.370. The van der Waals surface area contributed by atoms with Gasteiger partial charge in [-0.2, -0.15) is 5.26 Å². The largest absolute Gasteiger partial charge is 0.484 e. The summed E-state index contributed by atoms with van der Waals surface area (Å²) < 4.78 is 29.7. The summed E-state index contributed by atoms with van der Waals surface area (Å²) in [5.41, 5.74) is 4.35. The van der Waals surface area contributed by atoms with E-state index in [1.165, 1.54) is 24.3 Å². The number of nitrogens with zero attached hydrogens (tertiary/aromatic N) is 1. The minimum Gasteiger partial charge on any atom is -0.484 e. The van der Waals surface area contributed by atoms with Crippen molar-refractivity contribution in [2.24, 2.45) is 0 Å². The summed E-state index contributed by atoms with van der Waals surface area (Å²) in [5.74, 6) is -0.193. The Bertz CT molecular complexity index is 1140. The van der Waals surface area contributed by atoms with Crippen molar-refractivity contribution in [3.8, 4) is 22.9 Å². The molecule has 2 N–H and O–H groups in total. The molecule has 7 nitrogen and oxygen atoms in total. The van der Waals surface area contributed by atoms with Crippen LogP contribution in [-0.4, -0.2) is 20.9 Å². The first-order valence-electron chi connectivity index (χ1n) is 8.57. The fourth-order valence-corrected chi connectivity index (χ4v) is 3.38. The number of benzene rings is 3. The third-order valence-corrected chi connectivity index (χ3v) is 5.17. The summed E-state index contributed by atoms with van der Waals surface area (Å²) in [6, 6.07) is 24.3. The van der Waals surface area contributed by atoms with E-state index in [0.29, 0.717) is 5.75 Å². The van der Waals surface area contributed by atoms with E-state index in [1.807, 2.05) is 53.4 Å². The van der Waals surface area contributed by atoms with E-state index in [4.69, 9.17) is 10.00 Å². The van der Waals surface area contributed by atoms with Crippen molar-refractivity contribution < 1.29 is 17.9 Å². The number of nitrogens with one attached hydrogen (secondary N) is 2. The molecule has 0 saturated heterocycles. The number of hydrogen-bond donors (Lipinski definition) is 2. The molecule has 0 spiro atoms. The number of nitriles is 1. The molecule has 8 heteroatoms. The van der Waals surface area contributed by atoms with Crippen molar-refractivity contribution in [2.45, 2.75) is 4.90 Å². The monoisotopic (exact) mass is 407 g/mol. The Morgan fingerprint density at radius 1 is 0.931 bits per heavy atom. The predicted molar refractivity (Wildman–Crippen MR) is 107 cm³/mol. The van der Waals surface area contributed by atoms with Crippen LogP contribution in [0.1, 0.15) is 5.56 Å². The maximum Gasteiger partial charge on any atom is 0.272 e. The van der Waals surface area contributed by atoms with Crippen LogP contribution in [0.2, 0.25) is 0 Å². The van der Waals surface area contributed by atoms with E-state index < -0.39 is 15.9 Å². The highest BCUT2D eigenvalue weighted by Crippen LogP contribution is 2.21. The van der Waals surface area contributed by atoms with Crippen molar-refractivity contribution in [3.63, 3.8) is 0 Å². The lowest BCUT2D eigenvalue weighted by Gasteiger charge is -2.10. The molecule has 0 radical (unpaired) electrons. The standard InChI is InChI=1S/C21H17N3O4S/c22-14-16-5-4-8-20(13-16)29(26,27)24-23-21(25)15-28-19-11-9-18(10-12-19)17-6-2-1-3-7-17/h1-13,24H,15H2,(H,23,25). The van der Waals surface area contributed by atoms with Gasteiger partial charge in [-0.05, 0) is 41.5 Å². The Morgan fingerprint density at radius 2 is 1.62 bits per heavy atom. The van der Waals surface area contributed by atoms with Crippen LogP contribution < -0.4 is 15.0 Å². The molecule has 0 saturated carbocycles. The van der Waals surface area contributed by atoms with E-state index in [2.05, 4.69) is 5.43 Å². The number of carbonyl (C=O) groups is 1. The Morgan fingerprint density at radius 3 is 2.31 bits per heavy atom. The molecule has 146 valence electrons. The van der Waals surface area contributed by atoms with Gasteiger partial charge in [-0.15, -0.1) is 4.83 Å². The van der Waals surface area contributed by atoms with Crippen LogP contribution in [0.5, 0.6) is 5.75 Å². The van der Waals surface area contributed by atoms with E-state index in [1.54, 1.807) is 12.1 Å². The highest BCUT2D eigenvalue weighted by molar-refractivity contribution is 7.89. The third-order valence-electron chi connectivity index (χ3n) is 3.93. The van der Waals surface area contributed by atoms with Crippen molar-refractivity contribution in [1.82, 2.24) is 10.3 Å². The average molecular weight is 407 g/mol. The Labute approximate surface area is 168 Å². The molecule has 3 aromatic carbocycles. The van der Waals surface area contributed by atoms with Gasteiger partial charge >= 0.3 is 0 Å². The van der Waals surface area contributed by atoms with Crippen LogP contribution in [0.15, 0.2) is 83.8 Å². The summed E-state index contributed by atoms with van der Waals surface area (Å²) in [6.07, 6.45) is 0. The zero-order valence-corrected chi connectivity index (χ0v) is 16.0. The minimum absolute atomic E-state index is 0.130. The molecule has 3 rings (SSSR count). The van der Waals surface area contributed by atoms with Crippen molar-refractivity contribution >= 4 is 15.9 Å². The second-order valence-electron chi connectivity index (χ2n) is 5.97. The normalized spacial score (nSPS) is 10.7. The molecule has 0 aliphatic rings. The first-order valence-corrected chi connectivity index (χ1v) is 10.1. The molecule has 0 fully saturated rings. The molecule has 0 atom stereocenters. The maximum absolute atomic E-state index is 12.2. The number of ether oxygens (including phenoxy) is 1. The number of sulfonamides is 1. The summed E-state index contributed by atoms with van der Waals surface area (Å²) in [7, 11) is -4.00. The number of hydrogen-bond acceptors (Lipinski definition) is 5. The molecular weight excluding hydrogens is 390 g/mol. The molecular formula is C21H17N3O4S. The second-order valence-corrected chi connectivity index (χ2v) is 7.65.